The van der Waals surface area contributed by atoms with Gasteiger partial charge in [0.15, 0.2) is 6.10 Å². The third kappa shape index (κ3) is 37.5. The van der Waals surface area contributed by atoms with Crippen LogP contribution in [0.5, 0.6) is 0 Å². The summed E-state index contributed by atoms with van der Waals surface area (Å²) in [5, 5.41) is 0. The van der Waals surface area contributed by atoms with Crippen LogP contribution in [0.2, 0.25) is 0 Å². The van der Waals surface area contributed by atoms with E-state index in [1.54, 1.807) is 0 Å². The van der Waals surface area contributed by atoms with Gasteiger partial charge in [-0.3, -0.25) is 14.4 Å². The lowest BCUT2D eigenvalue weighted by atomic mass is 10.0. The molecular weight excluding hydrogens is 612 g/mol. The summed E-state index contributed by atoms with van der Waals surface area (Å²) >= 11 is 0. The van der Waals surface area contributed by atoms with Crippen LogP contribution in [0.1, 0.15) is 233 Å². The Hall–Kier alpha value is -1.59. The monoisotopic (exact) mass is 695 g/mol. The highest BCUT2D eigenvalue weighted by Gasteiger charge is 2.19. The fourth-order valence-electron chi connectivity index (χ4n) is 6.27. The number of unbranched alkanes of at least 4 members (excludes halogenated alkanes) is 25. The van der Waals surface area contributed by atoms with Gasteiger partial charge in [0.05, 0.1) is 0 Å². The Morgan fingerprint density at radius 2 is 0.673 bits per heavy atom. The number of esters is 3. The van der Waals surface area contributed by atoms with Crippen LogP contribution in [0, 0.1) is 5.92 Å². The van der Waals surface area contributed by atoms with Gasteiger partial charge in [0.25, 0.3) is 0 Å². The van der Waals surface area contributed by atoms with E-state index in [2.05, 4.69) is 27.7 Å². The zero-order valence-corrected chi connectivity index (χ0v) is 33.1. The molecule has 290 valence electrons. The van der Waals surface area contributed by atoms with Gasteiger partial charge < -0.3 is 14.2 Å². The maximum atomic E-state index is 12.6. The molecule has 0 aliphatic heterocycles. The number of carbonyl (C=O) groups is 3. The van der Waals surface area contributed by atoms with Crippen molar-refractivity contribution in [3.05, 3.63) is 0 Å². The quantitative estimate of drug-likeness (QED) is 0.0364. The lowest BCUT2D eigenvalue weighted by molar-refractivity contribution is -0.167. The third-order valence-corrected chi connectivity index (χ3v) is 9.54. The van der Waals surface area contributed by atoms with Gasteiger partial charge in [-0.15, -0.1) is 0 Å². The molecule has 49 heavy (non-hydrogen) atoms. The van der Waals surface area contributed by atoms with Crippen LogP contribution in [0.25, 0.3) is 0 Å². The molecule has 0 aromatic carbocycles. The zero-order chi connectivity index (χ0) is 36.0. The van der Waals surface area contributed by atoms with E-state index in [4.69, 9.17) is 14.2 Å². The minimum absolute atomic E-state index is 0.0649. The molecule has 0 rings (SSSR count). The second kappa shape index (κ2) is 37.7. The first kappa shape index (κ1) is 47.4. The molecule has 0 unspecified atom stereocenters. The van der Waals surface area contributed by atoms with Gasteiger partial charge >= 0.3 is 17.9 Å². The Morgan fingerprint density at radius 3 is 1.00 bits per heavy atom. The van der Waals surface area contributed by atoms with E-state index in [1.807, 2.05) is 0 Å². The minimum Gasteiger partial charge on any atom is -0.462 e. The summed E-state index contributed by atoms with van der Waals surface area (Å²) in [5.41, 5.74) is 0. The van der Waals surface area contributed by atoms with E-state index in [1.165, 1.54) is 128 Å². The first-order valence-electron chi connectivity index (χ1n) is 21.4. The number of ether oxygens (including phenoxy) is 3. The molecule has 0 N–H and O–H groups in total. The SMILES string of the molecule is CCCCCCCCCCCCCCC(=O)O[C@H](COC(=O)CCCCCCCCC)COC(=O)CCCCCCCCCCCC(C)C. The fraction of sp³-hybridized carbons (Fsp3) is 0.930. The van der Waals surface area contributed by atoms with Crippen LogP contribution in [-0.4, -0.2) is 37.2 Å². The van der Waals surface area contributed by atoms with Gasteiger partial charge in [-0.05, 0) is 25.2 Å². The molecule has 6 nitrogen and oxygen atoms in total. The predicted octanol–water partition coefficient (Wildman–Crippen LogP) is 13.2. The highest BCUT2D eigenvalue weighted by Crippen LogP contribution is 2.15. The number of carbonyl (C=O) groups excluding carboxylic acids is 3. The molecule has 0 heterocycles. The van der Waals surface area contributed by atoms with Gasteiger partial charge in [-0.25, -0.2) is 0 Å². The van der Waals surface area contributed by atoms with Crippen LogP contribution in [0.15, 0.2) is 0 Å². The molecule has 1 atom stereocenters. The molecule has 0 saturated heterocycles. The molecule has 0 amide bonds. The average Bonchev–Trinajstić information content (AvgIpc) is 3.08. The lowest BCUT2D eigenvalue weighted by Gasteiger charge is -2.18. The second-order valence-electron chi connectivity index (χ2n) is 15.1. The van der Waals surface area contributed by atoms with Crippen molar-refractivity contribution in [2.75, 3.05) is 13.2 Å². The Labute approximate surface area is 304 Å². The second-order valence-corrected chi connectivity index (χ2v) is 15.1. The molecule has 0 aliphatic carbocycles. The number of hydrogen-bond donors (Lipinski definition) is 0. The molecular formula is C43H82O6. The Bertz CT molecular complexity index is 736. The summed E-state index contributed by atoms with van der Waals surface area (Å²) in [5.74, 6) is -0.0567. The van der Waals surface area contributed by atoms with E-state index in [9.17, 15) is 14.4 Å². The molecule has 0 fully saturated rings. The van der Waals surface area contributed by atoms with E-state index in [0.29, 0.717) is 19.3 Å². The predicted molar refractivity (Wildman–Crippen MR) is 206 cm³/mol. The first-order chi connectivity index (χ1) is 23.9. The largest absolute Gasteiger partial charge is 0.462 e. The normalized spacial score (nSPS) is 11.9. The minimum atomic E-state index is -0.757. The summed E-state index contributed by atoms with van der Waals surface area (Å²) in [6.45, 7) is 8.92. The molecule has 0 spiro atoms. The molecule has 6 heteroatoms. The van der Waals surface area contributed by atoms with Crippen molar-refractivity contribution in [1.82, 2.24) is 0 Å². The smallest absolute Gasteiger partial charge is 0.306 e. The molecule has 0 radical (unpaired) electrons. The van der Waals surface area contributed by atoms with E-state index < -0.39 is 6.10 Å². The first-order valence-corrected chi connectivity index (χ1v) is 21.4. The van der Waals surface area contributed by atoms with Crippen LogP contribution in [0.3, 0.4) is 0 Å². The number of rotatable bonds is 38. The van der Waals surface area contributed by atoms with Crippen LogP contribution < -0.4 is 0 Å². The summed E-state index contributed by atoms with van der Waals surface area (Å²) in [4.78, 5) is 37.5. The third-order valence-electron chi connectivity index (χ3n) is 9.54. The van der Waals surface area contributed by atoms with Crippen LogP contribution in [0.4, 0.5) is 0 Å². The summed E-state index contributed by atoms with van der Waals surface area (Å²) in [6.07, 6.45) is 35.2. The topological polar surface area (TPSA) is 78.9 Å². The van der Waals surface area contributed by atoms with Crippen molar-refractivity contribution in [3.8, 4) is 0 Å². The van der Waals surface area contributed by atoms with Gasteiger partial charge in [0.1, 0.15) is 13.2 Å². The standard InChI is InChI=1S/C43H82O6/c1-5-7-9-11-13-14-15-16-19-24-28-32-36-43(46)49-40(37-47-41(44)34-30-26-21-12-10-8-6-2)38-48-42(45)35-31-27-23-20-17-18-22-25-29-33-39(3)4/h39-40H,5-38H2,1-4H3/t40-/m1/s1. The molecule has 0 saturated carbocycles. The molecule has 0 bridgehead atoms. The summed E-state index contributed by atoms with van der Waals surface area (Å²) in [6, 6.07) is 0. The van der Waals surface area contributed by atoms with Crippen molar-refractivity contribution in [3.63, 3.8) is 0 Å². The molecule has 0 aromatic heterocycles. The maximum absolute atomic E-state index is 12.6. The van der Waals surface area contributed by atoms with Gasteiger partial charge in [0.2, 0.25) is 0 Å². The van der Waals surface area contributed by atoms with Crippen molar-refractivity contribution in [2.24, 2.45) is 5.92 Å². The highest BCUT2D eigenvalue weighted by atomic mass is 16.6. The maximum Gasteiger partial charge on any atom is 0.306 e. The van der Waals surface area contributed by atoms with Gasteiger partial charge in [-0.1, -0.05) is 195 Å². The fourth-order valence-corrected chi connectivity index (χ4v) is 6.27. The van der Waals surface area contributed by atoms with Crippen LogP contribution >= 0.6 is 0 Å². The summed E-state index contributed by atoms with van der Waals surface area (Å²) in [7, 11) is 0. The van der Waals surface area contributed by atoms with Crippen molar-refractivity contribution in [1.29, 1.82) is 0 Å². The van der Waals surface area contributed by atoms with Crippen molar-refractivity contribution >= 4 is 17.9 Å². The van der Waals surface area contributed by atoms with E-state index in [0.717, 1.165) is 63.7 Å². The van der Waals surface area contributed by atoms with Crippen molar-refractivity contribution < 1.29 is 28.6 Å². The van der Waals surface area contributed by atoms with Crippen LogP contribution in [-0.2, 0) is 28.6 Å². The van der Waals surface area contributed by atoms with E-state index >= 15 is 0 Å². The Morgan fingerprint density at radius 1 is 0.388 bits per heavy atom. The van der Waals surface area contributed by atoms with Gasteiger partial charge in [0, 0.05) is 19.3 Å². The van der Waals surface area contributed by atoms with E-state index in [-0.39, 0.29) is 31.1 Å². The lowest BCUT2D eigenvalue weighted by Crippen LogP contribution is -2.30. The number of hydrogen-bond acceptors (Lipinski definition) is 6. The Kier molecular flexibility index (Phi) is 36.4. The zero-order valence-electron chi connectivity index (χ0n) is 33.1. The average molecular weight is 695 g/mol. The molecule has 0 aromatic rings. The molecule has 0 aliphatic rings. The highest BCUT2D eigenvalue weighted by molar-refractivity contribution is 5.71. The Balaban J connectivity index is 4.30. The van der Waals surface area contributed by atoms with Gasteiger partial charge in [-0.2, -0.15) is 0 Å². The summed E-state index contributed by atoms with van der Waals surface area (Å²) < 4.78 is 16.6. The van der Waals surface area contributed by atoms with Crippen molar-refractivity contribution in [2.45, 2.75) is 239 Å².